The second-order valence-corrected chi connectivity index (χ2v) is 34.7. The third kappa shape index (κ3) is 9.41. The molecule has 10 aromatic rings. The van der Waals surface area contributed by atoms with E-state index in [9.17, 15) is 0 Å². The molecule has 0 radical (unpaired) electrons. The maximum Gasteiger partial charge on any atom is 0.252 e. The molecule has 0 atom stereocenters. The summed E-state index contributed by atoms with van der Waals surface area (Å²) in [5.41, 5.74) is 31.7. The topological polar surface area (TPSA) is 22.9 Å². The Morgan fingerprint density at radius 1 is 0.391 bits per heavy atom. The molecular weight excluding hydrogens is 1110 g/mol. The molecule has 5 aliphatic rings. The SMILES string of the molecule is Cc1cc2c(cc1N1c3ccc(-c4cccc5oc6ccccc6c45)cc3B3c4cc5c(cc4N(c4ccc6c(c4)C(C)(C)CCC6(C)C)c4cc(N(c6ccc(C(C)(C)C)cc6)c6ccc(C(C)(C)C)cc6)cc1c43)C(C)(C)CCC5(C)C)C(C)(C)CCC2(C)C. The highest BCUT2D eigenvalue weighted by Gasteiger charge is 2.49. The first-order valence-corrected chi connectivity index (χ1v) is 34.6. The van der Waals surface area contributed by atoms with Gasteiger partial charge in [-0.05, 0) is 245 Å². The van der Waals surface area contributed by atoms with E-state index in [0.717, 1.165) is 77.5 Å². The summed E-state index contributed by atoms with van der Waals surface area (Å²) in [6.07, 6.45) is 6.85. The lowest BCUT2D eigenvalue weighted by atomic mass is 9.33. The standard InChI is InChI=1S/C87H96BN3O/c1-53-45-64-67(86(16,17)43-41-83(64,10)11)51-72(53)91-71-38-27-54(61-24-22-26-77-78(61)62-23-20-21-25-76(62)92-77)46-69(71)88-70-50-66-68(87(18,19)44-42-85(66,14)15)52-73(70)90(59-36-37-63-65(47-59)84(12,13)40-39-82(63,8)9)74-48-60(49-75(91)79(74)88)89(57-32-28-55(29-33-57)80(2,3)4)58-34-30-56(31-35-58)81(5,6)7/h20-38,45-52H,39-44H2,1-19H3. The number of benzene rings is 9. The minimum atomic E-state index is -0.134. The number of hydrogen-bond donors (Lipinski definition) is 0. The van der Waals surface area contributed by atoms with Gasteiger partial charge in [0.05, 0.1) is 5.69 Å². The Hall–Kier alpha value is -7.76. The molecular formula is C87H96BN3O. The predicted octanol–water partition coefficient (Wildman–Crippen LogP) is 22.8. The minimum absolute atomic E-state index is 0.0119. The van der Waals surface area contributed by atoms with Gasteiger partial charge in [-0.2, -0.15) is 0 Å². The van der Waals surface area contributed by atoms with Crippen molar-refractivity contribution in [3.8, 4) is 11.1 Å². The molecule has 4 nitrogen and oxygen atoms in total. The molecule has 9 aromatic carbocycles. The molecule has 0 bridgehead atoms. The molecule has 0 spiro atoms. The fraction of sp³-hybridized carbons (Fsp3) is 0.379. The Kier molecular flexibility index (Phi) is 13.2. The monoisotopic (exact) mass is 1210 g/mol. The Morgan fingerprint density at radius 3 is 1.43 bits per heavy atom. The van der Waals surface area contributed by atoms with Crippen LogP contribution in [0.2, 0.25) is 0 Å². The van der Waals surface area contributed by atoms with Crippen molar-refractivity contribution in [3.05, 3.63) is 214 Å². The lowest BCUT2D eigenvalue weighted by Gasteiger charge is -2.49. The molecule has 0 unspecified atom stereocenters. The van der Waals surface area contributed by atoms with Crippen molar-refractivity contribution < 1.29 is 4.42 Å². The van der Waals surface area contributed by atoms with E-state index in [1.54, 1.807) is 0 Å². The minimum Gasteiger partial charge on any atom is -0.456 e. The van der Waals surface area contributed by atoms with Gasteiger partial charge in [-0.25, -0.2) is 0 Å². The lowest BCUT2D eigenvalue weighted by Crippen LogP contribution is -2.62. The summed E-state index contributed by atoms with van der Waals surface area (Å²) >= 11 is 0. The number of rotatable bonds is 6. The van der Waals surface area contributed by atoms with Gasteiger partial charge in [0.1, 0.15) is 11.2 Å². The maximum atomic E-state index is 6.67. The third-order valence-corrected chi connectivity index (χ3v) is 23.5. The number of para-hydroxylation sites is 1. The Labute approximate surface area is 550 Å². The van der Waals surface area contributed by atoms with Gasteiger partial charge in [-0.15, -0.1) is 0 Å². The molecule has 3 aliphatic carbocycles. The van der Waals surface area contributed by atoms with Gasteiger partial charge in [-0.3, -0.25) is 0 Å². The Bertz CT molecular complexity index is 4620. The van der Waals surface area contributed by atoms with Crippen LogP contribution >= 0.6 is 0 Å². The van der Waals surface area contributed by atoms with Crippen LogP contribution in [-0.4, -0.2) is 6.71 Å². The zero-order chi connectivity index (χ0) is 64.9. The Balaban J connectivity index is 1.11. The Morgan fingerprint density at radius 2 is 0.870 bits per heavy atom. The van der Waals surface area contributed by atoms with Crippen LogP contribution in [0.1, 0.15) is 213 Å². The van der Waals surface area contributed by atoms with Crippen molar-refractivity contribution in [1.29, 1.82) is 0 Å². The quantitative estimate of drug-likeness (QED) is 0.155. The van der Waals surface area contributed by atoms with Crippen LogP contribution < -0.4 is 31.1 Å². The zero-order valence-electron chi connectivity index (χ0n) is 58.7. The van der Waals surface area contributed by atoms with Crippen LogP contribution in [0.15, 0.2) is 168 Å². The van der Waals surface area contributed by atoms with E-state index in [4.69, 9.17) is 4.42 Å². The van der Waals surface area contributed by atoms with Crippen molar-refractivity contribution in [3.63, 3.8) is 0 Å². The summed E-state index contributed by atoms with van der Waals surface area (Å²) in [5, 5.41) is 2.31. The van der Waals surface area contributed by atoms with Crippen molar-refractivity contribution in [2.75, 3.05) is 14.7 Å². The van der Waals surface area contributed by atoms with Crippen LogP contribution in [0.25, 0.3) is 33.1 Å². The van der Waals surface area contributed by atoms with Crippen LogP contribution in [0, 0.1) is 6.92 Å². The molecule has 0 fully saturated rings. The normalized spacial score (nSPS) is 18.6. The lowest BCUT2D eigenvalue weighted by molar-refractivity contribution is 0.332. The average Bonchev–Trinajstić information content (AvgIpc) is 0.782. The molecule has 0 N–H and O–H groups in total. The first kappa shape index (κ1) is 60.5. The van der Waals surface area contributed by atoms with E-state index in [2.05, 4.69) is 310 Å². The van der Waals surface area contributed by atoms with Crippen molar-refractivity contribution in [1.82, 2.24) is 0 Å². The molecule has 0 saturated heterocycles. The van der Waals surface area contributed by atoms with Crippen LogP contribution in [0.3, 0.4) is 0 Å². The molecule has 2 aliphatic heterocycles. The van der Waals surface area contributed by atoms with Crippen LogP contribution in [-0.2, 0) is 43.3 Å². The molecule has 92 heavy (non-hydrogen) atoms. The van der Waals surface area contributed by atoms with Crippen LogP contribution in [0.4, 0.5) is 51.2 Å². The average molecular weight is 1210 g/mol. The van der Waals surface area contributed by atoms with E-state index < -0.39 is 0 Å². The van der Waals surface area contributed by atoms with E-state index in [1.807, 2.05) is 0 Å². The highest BCUT2D eigenvalue weighted by molar-refractivity contribution is 7.00. The van der Waals surface area contributed by atoms with E-state index >= 15 is 0 Å². The maximum absolute atomic E-state index is 6.67. The predicted molar refractivity (Wildman–Crippen MR) is 396 cm³/mol. The van der Waals surface area contributed by atoms with Gasteiger partial charge in [0, 0.05) is 56.3 Å². The number of furan rings is 1. The van der Waals surface area contributed by atoms with Crippen molar-refractivity contribution >= 4 is 96.2 Å². The first-order chi connectivity index (χ1) is 43.2. The second-order valence-electron chi connectivity index (χ2n) is 34.7. The zero-order valence-corrected chi connectivity index (χ0v) is 58.7. The largest absolute Gasteiger partial charge is 0.456 e. The van der Waals surface area contributed by atoms with Gasteiger partial charge in [-0.1, -0.05) is 210 Å². The fourth-order valence-electron chi connectivity index (χ4n) is 17.2. The number of anilines is 9. The summed E-state index contributed by atoms with van der Waals surface area (Å²) in [7, 11) is 0. The second kappa shape index (κ2) is 20.1. The number of hydrogen-bond acceptors (Lipinski definition) is 4. The van der Waals surface area contributed by atoms with Gasteiger partial charge in [0.25, 0.3) is 6.71 Å². The van der Waals surface area contributed by atoms with E-state index in [1.165, 1.54) is 112 Å². The van der Waals surface area contributed by atoms with Crippen molar-refractivity contribution in [2.24, 2.45) is 0 Å². The van der Waals surface area contributed by atoms with Gasteiger partial charge in [0.2, 0.25) is 0 Å². The number of aryl methyl sites for hydroxylation is 1. The summed E-state index contributed by atoms with van der Waals surface area (Å²) in [4.78, 5) is 8.05. The van der Waals surface area contributed by atoms with Crippen molar-refractivity contribution in [2.45, 2.75) is 213 Å². The molecule has 1 aromatic heterocycles. The summed E-state index contributed by atoms with van der Waals surface area (Å²) < 4.78 is 6.67. The molecule has 5 heteroatoms. The smallest absolute Gasteiger partial charge is 0.252 e. The first-order valence-electron chi connectivity index (χ1n) is 34.6. The highest BCUT2D eigenvalue weighted by atomic mass is 16.3. The summed E-state index contributed by atoms with van der Waals surface area (Å²) in [5.74, 6) is 0. The van der Waals surface area contributed by atoms with E-state index in [0.29, 0.717) is 0 Å². The molecule has 3 heterocycles. The number of fused-ring (bicyclic) bond motifs is 10. The van der Waals surface area contributed by atoms with E-state index in [-0.39, 0.29) is 50.0 Å². The molecule has 0 saturated carbocycles. The van der Waals surface area contributed by atoms with Crippen LogP contribution in [0.5, 0.6) is 0 Å². The summed E-state index contributed by atoms with van der Waals surface area (Å²) in [6.45, 7) is 46.1. The van der Waals surface area contributed by atoms with Gasteiger partial charge >= 0.3 is 0 Å². The van der Waals surface area contributed by atoms with Gasteiger partial charge < -0.3 is 19.1 Å². The number of nitrogens with zero attached hydrogens (tertiary/aromatic N) is 3. The summed E-state index contributed by atoms with van der Waals surface area (Å²) in [6, 6.07) is 65.2. The third-order valence-electron chi connectivity index (χ3n) is 23.5. The van der Waals surface area contributed by atoms with Gasteiger partial charge in [0.15, 0.2) is 0 Å². The molecule has 468 valence electrons. The highest BCUT2D eigenvalue weighted by Crippen LogP contribution is 2.56. The molecule has 0 amide bonds. The fourth-order valence-corrected chi connectivity index (χ4v) is 17.2. The molecule has 15 rings (SSSR count).